The van der Waals surface area contributed by atoms with Crippen LogP contribution in [0.15, 0.2) is 24.7 Å². The molecule has 0 aliphatic rings. The van der Waals surface area contributed by atoms with Crippen LogP contribution in [0, 0.1) is 0 Å². The van der Waals surface area contributed by atoms with Gasteiger partial charge in [-0.2, -0.15) is 0 Å². The van der Waals surface area contributed by atoms with Crippen molar-refractivity contribution in [3.05, 3.63) is 24.7 Å². The summed E-state index contributed by atoms with van der Waals surface area (Å²) in [7, 11) is 0. The first-order valence-corrected chi connectivity index (χ1v) is 3.59. The van der Waals surface area contributed by atoms with E-state index in [2.05, 4.69) is 9.47 Å². The maximum absolute atomic E-state index is 9.29. The lowest BCUT2D eigenvalue weighted by atomic mass is 10.6. The molecule has 0 atom stereocenters. The summed E-state index contributed by atoms with van der Waals surface area (Å²) in [5.41, 5.74) is 0. The summed E-state index contributed by atoms with van der Waals surface area (Å²) in [6.07, 6.45) is 5.61. The highest BCUT2D eigenvalue weighted by Gasteiger charge is 2.27. The fraction of sp³-hybridized carbons (Fsp3) is 0.500. The molecule has 4 nitrogen and oxygen atoms in total. The van der Waals surface area contributed by atoms with Crippen molar-refractivity contribution in [3.63, 3.8) is 0 Å². The molecular formula is C8H14O4. The van der Waals surface area contributed by atoms with E-state index in [1.165, 1.54) is 12.5 Å². The van der Waals surface area contributed by atoms with Gasteiger partial charge in [0, 0.05) is 0 Å². The first-order valence-electron chi connectivity index (χ1n) is 3.59. The van der Waals surface area contributed by atoms with Gasteiger partial charge < -0.3 is 19.7 Å². The predicted molar refractivity (Wildman–Crippen MR) is 43.8 cm³/mol. The van der Waals surface area contributed by atoms with Crippen LogP contribution < -0.4 is 0 Å². The summed E-state index contributed by atoms with van der Waals surface area (Å²) in [4.78, 5) is 0. The quantitative estimate of drug-likeness (QED) is 0.476. The summed E-state index contributed by atoms with van der Waals surface area (Å²) in [5, 5.41) is 18.0. The molecule has 0 radical (unpaired) electrons. The smallest absolute Gasteiger partial charge is 0.392 e. The molecule has 0 fully saturated rings. The van der Waals surface area contributed by atoms with Gasteiger partial charge in [0.1, 0.15) is 6.61 Å². The van der Waals surface area contributed by atoms with E-state index in [0.717, 1.165) is 0 Å². The van der Waals surface area contributed by atoms with Gasteiger partial charge in [-0.05, 0) is 13.8 Å². The van der Waals surface area contributed by atoms with Crippen LogP contribution in [0.3, 0.4) is 0 Å². The lowest BCUT2D eigenvalue weighted by Gasteiger charge is -2.22. The Morgan fingerprint density at radius 1 is 1.17 bits per heavy atom. The van der Waals surface area contributed by atoms with E-state index in [-0.39, 0.29) is 0 Å². The van der Waals surface area contributed by atoms with Gasteiger partial charge in [-0.3, -0.25) is 0 Å². The van der Waals surface area contributed by atoms with Crippen LogP contribution >= 0.6 is 0 Å². The van der Waals surface area contributed by atoms with E-state index in [9.17, 15) is 5.11 Å². The van der Waals surface area contributed by atoms with Crippen LogP contribution in [0.4, 0.5) is 0 Å². The molecule has 0 heterocycles. The zero-order valence-electron chi connectivity index (χ0n) is 7.23. The molecule has 0 saturated carbocycles. The molecule has 4 heteroatoms. The Bertz CT molecular complexity index is 148. The second-order valence-electron chi connectivity index (χ2n) is 2.05. The summed E-state index contributed by atoms with van der Waals surface area (Å²) in [5.74, 6) is -1.97. The van der Waals surface area contributed by atoms with Crippen molar-refractivity contribution in [2.45, 2.75) is 19.8 Å². The third kappa shape index (κ3) is 4.00. The number of aliphatic hydroxyl groups excluding tert-OH is 1. The van der Waals surface area contributed by atoms with E-state index >= 15 is 0 Å². The van der Waals surface area contributed by atoms with Crippen LogP contribution in [0.1, 0.15) is 13.8 Å². The highest BCUT2D eigenvalue weighted by atomic mass is 16.8. The number of ether oxygens (including phenoxy) is 2. The monoisotopic (exact) mass is 174 g/mol. The standard InChI is InChI=1S/C8H14O4/c1-3-5-11-8(10,7-9)12-6-4-2/h3-6,9-10H,7H2,1-2H3/b5-3+,6-4+. The van der Waals surface area contributed by atoms with Crippen molar-refractivity contribution in [1.82, 2.24) is 0 Å². The molecule has 0 saturated heterocycles. The average molecular weight is 174 g/mol. The maximum Gasteiger partial charge on any atom is 0.392 e. The largest absolute Gasteiger partial charge is 0.437 e. The van der Waals surface area contributed by atoms with Gasteiger partial charge in [-0.15, -0.1) is 0 Å². The minimum absolute atomic E-state index is 0.637. The van der Waals surface area contributed by atoms with Crippen molar-refractivity contribution in [1.29, 1.82) is 0 Å². The molecule has 0 bridgehead atoms. The second-order valence-corrected chi connectivity index (χ2v) is 2.05. The molecule has 0 aliphatic heterocycles. The Morgan fingerprint density at radius 3 is 1.83 bits per heavy atom. The van der Waals surface area contributed by atoms with Gasteiger partial charge in [-0.25, -0.2) is 0 Å². The van der Waals surface area contributed by atoms with Crippen LogP contribution in [-0.2, 0) is 9.47 Å². The lowest BCUT2D eigenvalue weighted by Crippen LogP contribution is -2.36. The van der Waals surface area contributed by atoms with Gasteiger partial charge in [0.2, 0.25) is 0 Å². The third-order valence-electron chi connectivity index (χ3n) is 0.976. The van der Waals surface area contributed by atoms with Crippen molar-refractivity contribution < 1.29 is 19.7 Å². The van der Waals surface area contributed by atoms with E-state index in [1.807, 2.05) is 0 Å². The van der Waals surface area contributed by atoms with Crippen molar-refractivity contribution >= 4 is 0 Å². The number of rotatable bonds is 5. The Kier molecular flexibility index (Phi) is 5.16. The van der Waals surface area contributed by atoms with Crippen LogP contribution in [0.25, 0.3) is 0 Å². The van der Waals surface area contributed by atoms with Gasteiger partial charge in [0.05, 0.1) is 12.5 Å². The predicted octanol–water partition coefficient (Wildman–Crippen LogP) is 0.725. The molecular weight excluding hydrogens is 160 g/mol. The molecule has 12 heavy (non-hydrogen) atoms. The highest BCUT2D eigenvalue weighted by molar-refractivity contribution is 4.72. The van der Waals surface area contributed by atoms with Crippen molar-refractivity contribution in [3.8, 4) is 0 Å². The van der Waals surface area contributed by atoms with Gasteiger partial charge in [0.25, 0.3) is 0 Å². The Morgan fingerprint density at radius 2 is 1.58 bits per heavy atom. The number of aliphatic hydroxyl groups is 2. The van der Waals surface area contributed by atoms with Gasteiger partial charge in [-0.1, -0.05) is 12.2 Å². The Labute approximate surface area is 71.7 Å². The number of hydrogen-bond donors (Lipinski definition) is 2. The molecule has 0 amide bonds. The van der Waals surface area contributed by atoms with E-state index in [0.29, 0.717) is 0 Å². The molecule has 70 valence electrons. The Hall–Kier alpha value is -1.00. The molecule has 0 aromatic heterocycles. The minimum atomic E-state index is -1.97. The maximum atomic E-state index is 9.29. The van der Waals surface area contributed by atoms with Gasteiger partial charge >= 0.3 is 5.97 Å². The van der Waals surface area contributed by atoms with Crippen molar-refractivity contribution in [2.24, 2.45) is 0 Å². The zero-order chi connectivity index (χ0) is 9.45. The molecule has 0 spiro atoms. The summed E-state index contributed by atoms with van der Waals surface area (Å²) < 4.78 is 9.36. The molecule has 0 aromatic rings. The average Bonchev–Trinajstić information content (AvgIpc) is 2.11. The summed E-state index contributed by atoms with van der Waals surface area (Å²) in [6, 6.07) is 0. The van der Waals surface area contributed by atoms with Crippen LogP contribution in [0.2, 0.25) is 0 Å². The summed E-state index contributed by atoms with van der Waals surface area (Å²) >= 11 is 0. The molecule has 0 rings (SSSR count). The molecule has 0 aromatic carbocycles. The lowest BCUT2D eigenvalue weighted by molar-refractivity contribution is -0.330. The fourth-order valence-electron chi connectivity index (χ4n) is 0.451. The number of hydrogen-bond acceptors (Lipinski definition) is 4. The molecule has 0 unspecified atom stereocenters. The summed E-state index contributed by atoms with van der Waals surface area (Å²) in [6.45, 7) is 2.79. The first kappa shape index (κ1) is 11.0. The topological polar surface area (TPSA) is 58.9 Å². The molecule has 0 aliphatic carbocycles. The van der Waals surface area contributed by atoms with Crippen molar-refractivity contribution in [2.75, 3.05) is 6.61 Å². The first-order chi connectivity index (χ1) is 5.68. The van der Waals surface area contributed by atoms with E-state index in [1.54, 1.807) is 26.0 Å². The molecule has 2 N–H and O–H groups in total. The van der Waals surface area contributed by atoms with E-state index < -0.39 is 12.6 Å². The SMILES string of the molecule is C/C=C/OC(O)(CO)O/C=C/C. The number of allylic oxidation sites excluding steroid dienone is 2. The Balaban J connectivity index is 4.03. The van der Waals surface area contributed by atoms with Crippen LogP contribution in [-0.4, -0.2) is 22.8 Å². The third-order valence-corrected chi connectivity index (χ3v) is 0.976. The minimum Gasteiger partial charge on any atom is -0.437 e. The van der Waals surface area contributed by atoms with Crippen LogP contribution in [0.5, 0.6) is 0 Å². The fourth-order valence-corrected chi connectivity index (χ4v) is 0.451. The second kappa shape index (κ2) is 5.62. The van der Waals surface area contributed by atoms with Gasteiger partial charge in [0.15, 0.2) is 0 Å². The highest BCUT2D eigenvalue weighted by Crippen LogP contribution is 2.08. The zero-order valence-corrected chi connectivity index (χ0v) is 7.23. The normalized spacial score (nSPS) is 12.7. The van der Waals surface area contributed by atoms with E-state index in [4.69, 9.17) is 5.11 Å².